The molecule has 23 heavy (non-hydrogen) atoms. The maximum Gasteiger partial charge on any atom is 0.224 e. The molecule has 2 unspecified atom stereocenters. The molecule has 120 valence electrons. The van der Waals surface area contributed by atoms with Gasteiger partial charge in [-0.3, -0.25) is 4.79 Å². The van der Waals surface area contributed by atoms with E-state index < -0.39 is 0 Å². The zero-order valence-electron chi connectivity index (χ0n) is 12.9. The van der Waals surface area contributed by atoms with Gasteiger partial charge < -0.3 is 10.6 Å². The van der Waals surface area contributed by atoms with Crippen molar-refractivity contribution < 1.29 is 4.79 Å². The SMILES string of the molecule is O=C(Cc1ccc(-n2cnnn2)cc1)NC1CC2CCC(C1)N2. The van der Waals surface area contributed by atoms with Crippen LogP contribution in [-0.4, -0.2) is 44.2 Å². The number of nitrogens with zero attached hydrogens (tertiary/aromatic N) is 4. The van der Waals surface area contributed by atoms with Gasteiger partial charge in [0.1, 0.15) is 6.33 Å². The van der Waals surface area contributed by atoms with Gasteiger partial charge in [-0.1, -0.05) is 12.1 Å². The molecule has 7 nitrogen and oxygen atoms in total. The number of carbonyl (C=O) groups excluding carboxylic acids is 1. The fourth-order valence-corrected chi connectivity index (χ4v) is 3.69. The Hall–Kier alpha value is -2.28. The molecule has 1 aromatic heterocycles. The predicted octanol–water partition coefficient (Wildman–Crippen LogP) is 0.604. The molecule has 2 aromatic rings. The van der Waals surface area contributed by atoms with Crippen molar-refractivity contribution in [2.24, 2.45) is 0 Å². The summed E-state index contributed by atoms with van der Waals surface area (Å²) in [5.41, 5.74) is 1.88. The van der Waals surface area contributed by atoms with E-state index in [4.69, 9.17) is 0 Å². The second-order valence-corrected chi connectivity index (χ2v) is 6.47. The predicted molar refractivity (Wildman–Crippen MR) is 84.0 cm³/mol. The highest BCUT2D eigenvalue weighted by Crippen LogP contribution is 2.26. The summed E-state index contributed by atoms with van der Waals surface area (Å²) < 4.78 is 1.59. The number of carbonyl (C=O) groups is 1. The van der Waals surface area contributed by atoms with Gasteiger partial charge in [0.2, 0.25) is 5.91 Å². The summed E-state index contributed by atoms with van der Waals surface area (Å²) in [5, 5.41) is 17.9. The van der Waals surface area contributed by atoms with Crippen molar-refractivity contribution in [1.29, 1.82) is 0 Å². The highest BCUT2D eigenvalue weighted by Gasteiger charge is 2.33. The average molecular weight is 312 g/mol. The van der Waals surface area contributed by atoms with E-state index in [0.29, 0.717) is 24.5 Å². The van der Waals surface area contributed by atoms with Crippen LogP contribution in [0.2, 0.25) is 0 Å². The first kappa shape index (κ1) is 14.3. The maximum atomic E-state index is 12.3. The van der Waals surface area contributed by atoms with E-state index in [0.717, 1.165) is 24.1 Å². The minimum Gasteiger partial charge on any atom is -0.353 e. The van der Waals surface area contributed by atoms with Gasteiger partial charge in [0, 0.05) is 18.1 Å². The second-order valence-electron chi connectivity index (χ2n) is 6.47. The summed E-state index contributed by atoms with van der Waals surface area (Å²) >= 11 is 0. The number of piperidine rings is 1. The van der Waals surface area contributed by atoms with E-state index in [1.165, 1.54) is 12.8 Å². The van der Waals surface area contributed by atoms with Crippen molar-refractivity contribution in [3.8, 4) is 5.69 Å². The summed E-state index contributed by atoms with van der Waals surface area (Å²) in [6.45, 7) is 0. The summed E-state index contributed by atoms with van der Waals surface area (Å²) in [4.78, 5) is 12.3. The number of tetrazole rings is 1. The van der Waals surface area contributed by atoms with Crippen LogP contribution < -0.4 is 10.6 Å². The van der Waals surface area contributed by atoms with Crippen LogP contribution in [0.15, 0.2) is 30.6 Å². The average Bonchev–Trinajstić information content (AvgIpc) is 3.18. The molecule has 2 aliphatic rings. The van der Waals surface area contributed by atoms with Crippen molar-refractivity contribution in [1.82, 2.24) is 30.8 Å². The first-order valence-electron chi connectivity index (χ1n) is 8.14. The monoisotopic (exact) mass is 312 g/mol. The quantitative estimate of drug-likeness (QED) is 0.864. The third-order valence-corrected chi connectivity index (χ3v) is 4.75. The first-order valence-corrected chi connectivity index (χ1v) is 8.14. The van der Waals surface area contributed by atoms with Crippen LogP contribution in [0.25, 0.3) is 5.69 Å². The van der Waals surface area contributed by atoms with Gasteiger partial charge in [-0.15, -0.1) is 5.10 Å². The molecule has 0 radical (unpaired) electrons. The lowest BCUT2D eigenvalue weighted by Crippen LogP contribution is -2.48. The van der Waals surface area contributed by atoms with Crippen LogP contribution >= 0.6 is 0 Å². The van der Waals surface area contributed by atoms with Crippen molar-refractivity contribution in [3.63, 3.8) is 0 Å². The Morgan fingerprint density at radius 2 is 1.96 bits per heavy atom. The molecule has 2 fully saturated rings. The topological polar surface area (TPSA) is 84.7 Å². The van der Waals surface area contributed by atoms with Crippen molar-refractivity contribution >= 4 is 5.91 Å². The maximum absolute atomic E-state index is 12.3. The van der Waals surface area contributed by atoms with E-state index in [2.05, 4.69) is 26.2 Å². The highest BCUT2D eigenvalue weighted by atomic mass is 16.1. The first-order chi connectivity index (χ1) is 11.3. The Kier molecular flexibility index (Phi) is 3.78. The van der Waals surface area contributed by atoms with Gasteiger partial charge in [0.25, 0.3) is 0 Å². The van der Waals surface area contributed by atoms with Gasteiger partial charge >= 0.3 is 0 Å². The Balaban J connectivity index is 1.33. The molecule has 2 saturated heterocycles. The molecule has 0 spiro atoms. The zero-order chi connectivity index (χ0) is 15.6. The number of amides is 1. The van der Waals surface area contributed by atoms with Gasteiger partial charge in [-0.2, -0.15) is 0 Å². The van der Waals surface area contributed by atoms with Crippen LogP contribution in [0.1, 0.15) is 31.2 Å². The van der Waals surface area contributed by atoms with E-state index >= 15 is 0 Å². The number of benzene rings is 1. The lowest BCUT2D eigenvalue weighted by atomic mass is 9.99. The summed E-state index contributed by atoms with van der Waals surface area (Å²) in [6.07, 6.45) is 6.56. The molecular weight excluding hydrogens is 292 g/mol. The zero-order valence-corrected chi connectivity index (χ0v) is 12.9. The molecule has 0 aliphatic carbocycles. The number of nitrogens with one attached hydrogen (secondary N) is 2. The molecule has 3 heterocycles. The number of rotatable bonds is 4. The molecule has 4 rings (SSSR count). The van der Waals surface area contributed by atoms with Crippen LogP contribution in [0.3, 0.4) is 0 Å². The Labute approximate surface area is 134 Å². The Morgan fingerprint density at radius 3 is 2.61 bits per heavy atom. The number of hydrogen-bond donors (Lipinski definition) is 2. The lowest BCUT2D eigenvalue weighted by Gasteiger charge is -2.29. The van der Waals surface area contributed by atoms with Crippen molar-refractivity contribution in [3.05, 3.63) is 36.2 Å². The largest absolute Gasteiger partial charge is 0.353 e. The molecule has 7 heteroatoms. The van der Waals surface area contributed by atoms with Crippen molar-refractivity contribution in [2.75, 3.05) is 0 Å². The Morgan fingerprint density at radius 1 is 1.22 bits per heavy atom. The standard InChI is InChI=1S/C16H20N6O/c23-16(19-14-8-12-3-4-13(9-14)18-12)7-11-1-5-15(6-2-11)22-10-17-20-21-22/h1-2,5-6,10,12-14,18H,3-4,7-9H2,(H,19,23). The van der Waals surface area contributed by atoms with Gasteiger partial charge in [0.15, 0.2) is 0 Å². The van der Waals surface area contributed by atoms with Crippen molar-refractivity contribution in [2.45, 2.75) is 50.2 Å². The third kappa shape index (κ3) is 3.24. The summed E-state index contributed by atoms with van der Waals surface area (Å²) in [7, 11) is 0. The Bertz CT molecular complexity index is 656. The molecule has 0 saturated carbocycles. The number of aromatic nitrogens is 4. The van der Waals surface area contributed by atoms with E-state index in [1.54, 1.807) is 11.0 Å². The van der Waals surface area contributed by atoms with Crippen LogP contribution in [0.4, 0.5) is 0 Å². The normalized spacial score (nSPS) is 26.2. The minimum atomic E-state index is 0.103. The smallest absolute Gasteiger partial charge is 0.224 e. The number of hydrogen-bond acceptors (Lipinski definition) is 5. The molecule has 2 atom stereocenters. The highest BCUT2D eigenvalue weighted by molar-refractivity contribution is 5.79. The molecule has 1 amide bonds. The van der Waals surface area contributed by atoms with Gasteiger partial charge in [-0.05, 0) is 53.8 Å². The van der Waals surface area contributed by atoms with Crippen LogP contribution in [0.5, 0.6) is 0 Å². The summed E-state index contributed by atoms with van der Waals surface area (Å²) in [6, 6.07) is 9.24. The number of fused-ring (bicyclic) bond motifs is 2. The molecule has 2 aliphatic heterocycles. The molecular formula is C16H20N6O. The van der Waals surface area contributed by atoms with Crippen LogP contribution in [-0.2, 0) is 11.2 Å². The second kappa shape index (κ2) is 6.08. The molecule has 2 N–H and O–H groups in total. The molecule has 2 bridgehead atoms. The van der Waals surface area contributed by atoms with E-state index in [1.807, 2.05) is 24.3 Å². The fourth-order valence-electron chi connectivity index (χ4n) is 3.69. The van der Waals surface area contributed by atoms with Crippen LogP contribution in [0, 0.1) is 0 Å². The summed E-state index contributed by atoms with van der Waals surface area (Å²) in [5.74, 6) is 0.103. The third-order valence-electron chi connectivity index (χ3n) is 4.75. The lowest BCUT2D eigenvalue weighted by molar-refractivity contribution is -0.121. The molecule has 1 aromatic carbocycles. The van der Waals surface area contributed by atoms with Gasteiger partial charge in [-0.25, -0.2) is 4.68 Å². The fraction of sp³-hybridized carbons (Fsp3) is 0.500. The minimum absolute atomic E-state index is 0.103. The van der Waals surface area contributed by atoms with E-state index in [-0.39, 0.29) is 5.91 Å². The van der Waals surface area contributed by atoms with E-state index in [9.17, 15) is 4.79 Å². The van der Waals surface area contributed by atoms with Gasteiger partial charge in [0.05, 0.1) is 12.1 Å².